The van der Waals surface area contributed by atoms with Gasteiger partial charge in [-0.25, -0.2) is 0 Å². The Morgan fingerprint density at radius 1 is 1.46 bits per heavy atom. The average molecular weight is 185 g/mol. The molecule has 2 heteroatoms. The van der Waals surface area contributed by atoms with Crippen molar-refractivity contribution in [3.63, 3.8) is 0 Å². The highest BCUT2D eigenvalue weighted by atomic mass is 16.5. The molecule has 0 aromatic carbocycles. The van der Waals surface area contributed by atoms with Gasteiger partial charge in [-0.15, -0.1) is 0 Å². The van der Waals surface area contributed by atoms with Gasteiger partial charge in [0.25, 0.3) is 0 Å². The lowest BCUT2D eigenvalue weighted by molar-refractivity contribution is 0.0825. The molecule has 1 rings (SSSR count). The van der Waals surface area contributed by atoms with Gasteiger partial charge in [0.1, 0.15) is 0 Å². The van der Waals surface area contributed by atoms with Gasteiger partial charge >= 0.3 is 0 Å². The zero-order valence-corrected chi connectivity index (χ0v) is 9.01. The molecule has 0 radical (unpaired) electrons. The second-order valence-electron chi connectivity index (χ2n) is 4.47. The molecule has 1 atom stereocenters. The molecule has 1 unspecified atom stereocenters. The van der Waals surface area contributed by atoms with E-state index in [-0.39, 0.29) is 0 Å². The van der Waals surface area contributed by atoms with Crippen LogP contribution >= 0.6 is 0 Å². The zero-order valence-electron chi connectivity index (χ0n) is 9.01. The van der Waals surface area contributed by atoms with E-state index in [4.69, 9.17) is 4.74 Å². The third-order valence-electron chi connectivity index (χ3n) is 2.59. The van der Waals surface area contributed by atoms with E-state index < -0.39 is 0 Å². The number of ether oxygens (including phenoxy) is 1. The van der Waals surface area contributed by atoms with Crippen molar-refractivity contribution in [1.82, 2.24) is 5.32 Å². The van der Waals surface area contributed by atoms with Crippen LogP contribution in [0.15, 0.2) is 0 Å². The maximum absolute atomic E-state index is 5.64. The highest BCUT2D eigenvalue weighted by molar-refractivity contribution is 4.68. The number of hydrogen-bond donors (Lipinski definition) is 1. The van der Waals surface area contributed by atoms with Gasteiger partial charge < -0.3 is 10.1 Å². The van der Waals surface area contributed by atoms with Gasteiger partial charge in [0, 0.05) is 13.2 Å². The molecule has 13 heavy (non-hydrogen) atoms. The van der Waals surface area contributed by atoms with Gasteiger partial charge in [-0.2, -0.15) is 0 Å². The second-order valence-corrected chi connectivity index (χ2v) is 4.47. The molecule has 0 bridgehead atoms. The van der Waals surface area contributed by atoms with Gasteiger partial charge in [0.2, 0.25) is 0 Å². The van der Waals surface area contributed by atoms with Crippen LogP contribution in [0.25, 0.3) is 0 Å². The van der Waals surface area contributed by atoms with Crippen molar-refractivity contribution in [2.75, 3.05) is 26.3 Å². The SMILES string of the molecule is CC(C)CCOCC1CCCNC1. The van der Waals surface area contributed by atoms with Crippen LogP contribution in [-0.4, -0.2) is 26.3 Å². The van der Waals surface area contributed by atoms with E-state index in [1.165, 1.54) is 25.8 Å². The lowest BCUT2D eigenvalue weighted by atomic mass is 10.0. The van der Waals surface area contributed by atoms with Crippen molar-refractivity contribution in [3.8, 4) is 0 Å². The van der Waals surface area contributed by atoms with Gasteiger partial charge in [-0.3, -0.25) is 0 Å². The molecule has 1 heterocycles. The summed E-state index contributed by atoms with van der Waals surface area (Å²) in [4.78, 5) is 0. The first-order chi connectivity index (χ1) is 6.29. The Hall–Kier alpha value is -0.0800. The summed E-state index contributed by atoms with van der Waals surface area (Å²) < 4.78 is 5.64. The molecule has 78 valence electrons. The van der Waals surface area contributed by atoms with Crippen LogP contribution in [0.2, 0.25) is 0 Å². The fraction of sp³-hybridized carbons (Fsp3) is 1.00. The van der Waals surface area contributed by atoms with E-state index >= 15 is 0 Å². The minimum atomic E-state index is 0.765. The quantitative estimate of drug-likeness (QED) is 0.662. The third-order valence-corrected chi connectivity index (χ3v) is 2.59. The van der Waals surface area contributed by atoms with Crippen LogP contribution in [0.5, 0.6) is 0 Å². The molecule has 0 aliphatic carbocycles. The van der Waals surface area contributed by atoms with Gasteiger partial charge in [0.15, 0.2) is 0 Å². The monoisotopic (exact) mass is 185 g/mol. The number of nitrogens with one attached hydrogen (secondary N) is 1. The molecule has 1 aliphatic heterocycles. The Balaban J connectivity index is 1.92. The van der Waals surface area contributed by atoms with Crippen molar-refractivity contribution in [3.05, 3.63) is 0 Å². The van der Waals surface area contributed by atoms with E-state index in [0.717, 1.165) is 31.6 Å². The summed E-state index contributed by atoms with van der Waals surface area (Å²) in [6.07, 6.45) is 3.85. The minimum absolute atomic E-state index is 0.765. The van der Waals surface area contributed by atoms with E-state index in [2.05, 4.69) is 19.2 Å². The largest absolute Gasteiger partial charge is 0.381 e. The van der Waals surface area contributed by atoms with Crippen molar-refractivity contribution in [2.24, 2.45) is 11.8 Å². The van der Waals surface area contributed by atoms with Crippen molar-refractivity contribution in [1.29, 1.82) is 0 Å². The molecule has 0 aromatic rings. The zero-order chi connectivity index (χ0) is 9.52. The van der Waals surface area contributed by atoms with Crippen LogP contribution in [-0.2, 0) is 4.74 Å². The van der Waals surface area contributed by atoms with Gasteiger partial charge in [-0.1, -0.05) is 13.8 Å². The Kier molecular flexibility index (Phi) is 5.40. The molecule has 1 fully saturated rings. The third kappa shape index (κ3) is 5.27. The van der Waals surface area contributed by atoms with Crippen LogP contribution in [0.1, 0.15) is 33.1 Å². The summed E-state index contributed by atoms with van der Waals surface area (Å²) in [5, 5.41) is 3.40. The van der Waals surface area contributed by atoms with E-state index in [1.54, 1.807) is 0 Å². The summed E-state index contributed by atoms with van der Waals surface area (Å²) in [6, 6.07) is 0. The fourth-order valence-corrected chi connectivity index (χ4v) is 1.64. The van der Waals surface area contributed by atoms with Crippen LogP contribution in [0.3, 0.4) is 0 Å². The molecule has 1 aliphatic rings. The van der Waals surface area contributed by atoms with Gasteiger partial charge in [0.05, 0.1) is 6.61 Å². The first-order valence-corrected chi connectivity index (χ1v) is 5.57. The Morgan fingerprint density at radius 2 is 2.31 bits per heavy atom. The van der Waals surface area contributed by atoms with Crippen molar-refractivity contribution in [2.45, 2.75) is 33.1 Å². The highest BCUT2D eigenvalue weighted by Crippen LogP contribution is 2.10. The predicted molar refractivity (Wildman–Crippen MR) is 55.9 cm³/mol. The molecular formula is C11H23NO. The Labute approximate surface area is 82.0 Å². The molecule has 0 aromatic heterocycles. The molecule has 0 spiro atoms. The maximum atomic E-state index is 5.64. The van der Waals surface area contributed by atoms with Crippen LogP contribution < -0.4 is 5.32 Å². The first-order valence-electron chi connectivity index (χ1n) is 5.57. The van der Waals surface area contributed by atoms with Crippen molar-refractivity contribution >= 4 is 0 Å². The van der Waals surface area contributed by atoms with Gasteiger partial charge in [-0.05, 0) is 37.6 Å². The summed E-state index contributed by atoms with van der Waals surface area (Å²) in [5.41, 5.74) is 0. The normalized spacial score (nSPS) is 23.8. The van der Waals surface area contributed by atoms with E-state index in [9.17, 15) is 0 Å². The minimum Gasteiger partial charge on any atom is -0.381 e. The molecule has 2 nitrogen and oxygen atoms in total. The highest BCUT2D eigenvalue weighted by Gasteiger charge is 2.12. The number of rotatable bonds is 5. The summed E-state index contributed by atoms with van der Waals surface area (Å²) >= 11 is 0. The lowest BCUT2D eigenvalue weighted by Crippen LogP contribution is -2.32. The standard InChI is InChI=1S/C11H23NO/c1-10(2)5-7-13-9-11-4-3-6-12-8-11/h10-12H,3-9H2,1-2H3. The predicted octanol–water partition coefficient (Wildman–Crippen LogP) is 2.05. The van der Waals surface area contributed by atoms with E-state index in [0.29, 0.717) is 0 Å². The Bertz CT molecular complexity index is 119. The van der Waals surface area contributed by atoms with Crippen LogP contribution in [0, 0.1) is 11.8 Å². The second kappa shape index (κ2) is 6.39. The Morgan fingerprint density at radius 3 is 2.92 bits per heavy atom. The smallest absolute Gasteiger partial charge is 0.0506 e. The number of piperidine rings is 1. The van der Waals surface area contributed by atoms with E-state index in [1.807, 2.05) is 0 Å². The maximum Gasteiger partial charge on any atom is 0.0506 e. The number of hydrogen-bond acceptors (Lipinski definition) is 2. The molecule has 0 saturated carbocycles. The average Bonchev–Trinajstić information content (AvgIpc) is 2.14. The summed E-state index contributed by atoms with van der Waals surface area (Å²) in [7, 11) is 0. The summed E-state index contributed by atoms with van der Waals surface area (Å²) in [5.74, 6) is 1.53. The molecular weight excluding hydrogens is 162 g/mol. The molecule has 1 saturated heterocycles. The molecule has 1 N–H and O–H groups in total. The van der Waals surface area contributed by atoms with Crippen molar-refractivity contribution < 1.29 is 4.74 Å². The summed E-state index contributed by atoms with van der Waals surface area (Å²) in [6.45, 7) is 8.73. The topological polar surface area (TPSA) is 21.3 Å². The lowest BCUT2D eigenvalue weighted by Gasteiger charge is -2.22. The van der Waals surface area contributed by atoms with Crippen LogP contribution in [0.4, 0.5) is 0 Å². The molecule has 0 amide bonds. The first kappa shape index (κ1) is 11.0. The fourth-order valence-electron chi connectivity index (χ4n) is 1.64.